The third-order valence-electron chi connectivity index (χ3n) is 12.2. The first-order valence-corrected chi connectivity index (χ1v) is 20.7. The number of anilines is 4. The van der Waals surface area contributed by atoms with Crippen molar-refractivity contribution in [3.63, 3.8) is 0 Å². The second-order valence-corrected chi connectivity index (χ2v) is 16.1. The molecular weight excluding hydrogens is 752 g/mol. The van der Waals surface area contributed by atoms with Crippen LogP contribution in [0.4, 0.5) is 27.4 Å². The highest BCUT2D eigenvalue weighted by Gasteiger charge is 2.33. The lowest BCUT2D eigenvalue weighted by molar-refractivity contribution is -0.133. The Bertz CT molecular complexity index is 2450. The van der Waals surface area contributed by atoms with Gasteiger partial charge in [-0.2, -0.15) is 4.98 Å². The molecular formula is C44H49FN10O4. The Kier molecular flexibility index (Phi) is 10.6. The standard InChI is InChI=1S/C44H49FN10O4/c1-3-19-54-43(58)34-23-46-44(51-41(34)55(54)38-15-7-29-6-5-28(4-2)40(29)49-38)48-30-8-11-32(12-9-30)53-20-17-27(18-21-53)24-52-25-33(26-52)59-37-14-10-31(22-35(37)45)47-36-13-16-39(56)50-42(36)57/h3,7-12,14-15,22-23,27-28,33,36,47H,1,4-6,13,16-21,24-26H2,2H3,(H,46,48,51)(H,50,56,57). The fourth-order valence-electron chi connectivity index (χ4n) is 8.92. The molecule has 5 aromatic rings. The molecule has 2 amide bonds. The normalized spacial score (nSPS) is 20.0. The number of halogens is 1. The van der Waals surface area contributed by atoms with Crippen molar-refractivity contribution in [1.29, 1.82) is 0 Å². The van der Waals surface area contributed by atoms with Crippen LogP contribution in [-0.2, 0) is 22.6 Å². The Morgan fingerprint density at radius 1 is 0.966 bits per heavy atom. The SMILES string of the molecule is C=CCn1c(=O)c2cnc(Nc3ccc(N4CCC(CN5CC(Oc6ccc(NC7CCC(=O)NC7=O)cc6F)C5)CC4)cc3)nc2n1-c1ccc2c(n1)C(CC)CC2. The Hall–Kier alpha value is -6.09. The van der Waals surface area contributed by atoms with Crippen LogP contribution in [-0.4, -0.2) is 85.9 Å². The smallest absolute Gasteiger partial charge is 0.278 e. The molecule has 0 saturated carbocycles. The summed E-state index contributed by atoms with van der Waals surface area (Å²) in [6.07, 6.45) is 9.15. The zero-order valence-electron chi connectivity index (χ0n) is 33.2. The molecule has 3 aliphatic heterocycles. The van der Waals surface area contributed by atoms with Crippen LogP contribution in [0.25, 0.3) is 16.9 Å². The van der Waals surface area contributed by atoms with E-state index in [1.54, 1.807) is 33.8 Å². The van der Waals surface area contributed by atoms with Crippen molar-refractivity contribution in [1.82, 2.24) is 34.5 Å². The Labute approximate surface area is 341 Å². The van der Waals surface area contributed by atoms with E-state index in [-0.39, 0.29) is 29.7 Å². The molecule has 15 heteroatoms. The van der Waals surface area contributed by atoms with Gasteiger partial charge in [-0.15, -0.1) is 6.58 Å². The first-order chi connectivity index (χ1) is 28.7. The van der Waals surface area contributed by atoms with E-state index in [0.29, 0.717) is 53.3 Å². The summed E-state index contributed by atoms with van der Waals surface area (Å²) in [4.78, 5) is 56.2. The summed E-state index contributed by atoms with van der Waals surface area (Å²) in [7, 11) is 0. The predicted octanol–water partition coefficient (Wildman–Crippen LogP) is 5.68. The number of nitrogens with zero attached hydrogens (tertiary/aromatic N) is 7. The van der Waals surface area contributed by atoms with Crippen molar-refractivity contribution < 1.29 is 18.7 Å². The molecule has 0 bridgehead atoms. The van der Waals surface area contributed by atoms with Crippen LogP contribution in [0.3, 0.4) is 0 Å². The number of hydrogen-bond acceptors (Lipinski definition) is 11. The van der Waals surface area contributed by atoms with Crippen molar-refractivity contribution in [3.05, 3.63) is 101 Å². The van der Waals surface area contributed by atoms with Gasteiger partial charge in [0.1, 0.15) is 17.5 Å². The van der Waals surface area contributed by atoms with E-state index in [2.05, 4.69) is 62.4 Å². The summed E-state index contributed by atoms with van der Waals surface area (Å²) in [5.74, 6) is 1.08. The van der Waals surface area contributed by atoms with E-state index in [1.807, 2.05) is 18.2 Å². The lowest BCUT2D eigenvalue weighted by atomic mass is 9.94. The summed E-state index contributed by atoms with van der Waals surface area (Å²) in [6.45, 7) is 10.8. The number of allylic oxidation sites excluding steroid dienone is 1. The maximum absolute atomic E-state index is 14.9. The van der Waals surface area contributed by atoms with Gasteiger partial charge in [-0.25, -0.2) is 23.7 Å². The Morgan fingerprint density at radius 2 is 1.76 bits per heavy atom. The summed E-state index contributed by atoms with van der Waals surface area (Å²) in [5.41, 5.74) is 5.17. The van der Waals surface area contributed by atoms with Crippen LogP contribution in [0.5, 0.6) is 5.75 Å². The Morgan fingerprint density at radius 3 is 2.51 bits per heavy atom. The van der Waals surface area contributed by atoms with E-state index in [1.165, 1.54) is 11.6 Å². The molecule has 0 spiro atoms. The van der Waals surface area contributed by atoms with Crippen LogP contribution >= 0.6 is 0 Å². The van der Waals surface area contributed by atoms with Crippen LogP contribution in [0.1, 0.15) is 62.6 Å². The number of hydrogen-bond donors (Lipinski definition) is 3. The van der Waals surface area contributed by atoms with Crippen molar-refractivity contribution in [2.45, 2.75) is 76.5 Å². The van der Waals surface area contributed by atoms with Crippen molar-refractivity contribution in [2.24, 2.45) is 5.92 Å². The molecule has 0 radical (unpaired) electrons. The Balaban J connectivity index is 0.769. The molecule has 4 aliphatic rings. The first-order valence-electron chi connectivity index (χ1n) is 20.7. The zero-order chi connectivity index (χ0) is 40.6. The molecule has 3 fully saturated rings. The van der Waals surface area contributed by atoms with Gasteiger partial charge in [0, 0.05) is 80.1 Å². The number of rotatable bonds is 13. The van der Waals surface area contributed by atoms with E-state index < -0.39 is 17.8 Å². The minimum atomic E-state index is -0.572. The highest BCUT2D eigenvalue weighted by Crippen LogP contribution is 2.35. The number of aromatic nitrogens is 5. The summed E-state index contributed by atoms with van der Waals surface area (Å²) >= 11 is 0. The van der Waals surface area contributed by atoms with Gasteiger partial charge in [0.15, 0.2) is 23.0 Å². The average Bonchev–Trinajstić information content (AvgIpc) is 3.76. The number of amides is 2. The summed E-state index contributed by atoms with van der Waals surface area (Å²) in [6, 6.07) is 16.4. The number of nitrogens with one attached hydrogen (secondary N) is 3. The van der Waals surface area contributed by atoms with Crippen molar-refractivity contribution >= 4 is 45.9 Å². The summed E-state index contributed by atoms with van der Waals surface area (Å²) in [5, 5.41) is 9.08. The molecule has 2 unspecified atom stereocenters. The highest BCUT2D eigenvalue weighted by molar-refractivity contribution is 6.01. The molecule has 9 rings (SSSR count). The number of benzene rings is 2. The van der Waals surface area contributed by atoms with Gasteiger partial charge in [-0.3, -0.25) is 24.6 Å². The maximum Gasteiger partial charge on any atom is 0.278 e. The van der Waals surface area contributed by atoms with E-state index >= 15 is 0 Å². The van der Waals surface area contributed by atoms with Gasteiger partial charge >= 0.3 is 0 Å². The number of fused-ring (bicyclic) bond motifs is 2. The van der Waals surface area contributed by atoms with E-state index in [0.717, 1.165) is 81.9 Å². The molecule has 3 aromatic heterocycles. The minimum Gasteiger partial charge on any atom is -0.485 e. The number of aryl methyl sites for hydroxylation is 1. The quantitative estimate of drug-likeness (QED) is 0.0997. The van der Waals surface area contributed by atoms with Crippen LogP contribution < -0.4 is 31.1 Å². The van der Waals surface area contributed by atoms with E-state index in [9.17, 15) is 18.8 Å². The lowest BCUT2D eigenvalue weighted by Crippen LogP contribution is -2.55. The van der Waals surface area contributed by atoms with Crippen LogP contribution in [0, 0.1) is 11.7 Å². The average molecular weight is 801 g/mol. The summed E-state index contributed by atoms with van der Waals surface area (Å²) < 4.78 is 24.3. The predicted molar refractivity (Wildman–Crippen MR) is 224 cm³/mol. The minimum absolute atomic E-state index is 0.0728. The molecule has 3 saturated heterocycles. The highest BCUT2D eigenvalue weighted by atomic mass is 19.1. The maximum atomic E-state index is 14.9. The number of imide groups is 1. The van der Waals surface area contributed by atoms with Gasteiger partial charge in [0.2, 0.25) is 17.8 Å². The van der Waals surface area contributed by atoms with E-state index in [4.69, 9.17) is 14.7 Å². The fraction of sp³-hybridized carbons (Fsp3) is 0.409. The number of likely N-dealkylation sites (tertiary alicyclic amines) is 1. The molecule has 2 atom stereocenters. The second-order valence-electron chi connectivity index (χ2n) is 16.1. The second kappa shape index (κ2) is 16.3. The van der Waals surface area contributed by atoms with Crippen LogP contribution in [0.15, 0.2) is 78.2 Å². The number of piperidine rings is 2. The lowest BCUT2D eigenvalue weighted by Gasteiger charge is -2.42. The largest absolute Gasteiger partial charge is 0.485 e. The number of carbonyl (C=O) groups excluding carboxylic acids is 2. The number of carbonyl (C=O) groups is 2. The van der Waals surface area contributed by atoms with Gasteiger partial charge in [-0.05, 0) is 92.5 Å². The number of pyridine rings is 1. The molecule has 2 aromatic carbocycles. The van der Waals surface area contributed by atoms with Crippen LogP contribution in [0.2, 0.25) is 0 Å². The molecule has 59 heavy (non-hydrogen) atoms. The fourth-order valence-corrected chi connectivity index (χ4v) is 8.92. The van der Waals surface area contributed by atoms with Crippen molar-refractivity contribution in [3.8, 4) is 11.6 Å². The van der Waals surface area contributed by atoms with Gasteiger partial charge in [0.05, 0.1) is 6.54 Å². The van der Waals surface area contributed by atoms with Gasteiger partial charge in [0.25, 0.3) is 5.56 Å². The molecule has 6 heterocycles. The van der Waals surface area contributed by atoms with Gasteiger partial charge < -0.3 is 20.3 Å². The molecule has 306 valence electrons. The van der Waals surface area contributed by atoms with Gasteiger partial charge in [-0.1, -0.05) is 19.1 Å². The third kappa shape index (κ3) is 7.90. The first kappa shape index (κ1) is 38.4. The monoisotopic (exact) mass is 800 g/mol. The number of ether oxygens (including phenoxy) is 1. The zero-order valence-corrected chi connectivity index (χ0v) is 33.2. The third-order valence-corrected chi connectivity index (χ3v) is 12.2. The molecule has 1 aliphatic carbocycles. The molecule has 14 nitrogen and oxygen atoms in total. The topological polar surface area (TPSA) is 152 Å². The molecule has 3 N–H and O–H groups in total. The van der Waals surface area contributed by atoms with Crippen molar-refractivity contribution in [2.75, 3.05) is 48.3 Å².